The molecule has 3 aliphatic heterocycles. The summed E-state index contributed by atoms with van der Waals surface area (Å²) in [5.41, 5.74) is 15.3. The number of nitrogens with two attached hydrogens (primary N) is 1. The maximum absolute atomic E-state index is 12.5. The maximum atomic E-state index is 12.5. The van der Waals surface area contributed by atoms with Crippen LogP contribution in [-0.2, 0) is 6.42 Å². The number of rotatable bonds is 7. The van der Waals surface area contributed by atoms with Gasteiger partial charge in [-0.2, -0.15) is 0 Å². The zero-order valence-electron chi connectivity index (χ0n) is 21.1. The Kier molecular flexibility index (Phi) is 6.75. The van der Waals surface area contributed by atoms with Gasteiger partial charge in [0.2, 0.25) is 0 Å². The van der Waals surface area contributed by atoms with Gasteiger partial charge in [0.05, 0.1) is 13.3 Å². The van der Waals surface area contributed by atoms with Crippen LogP contribution in [0.5, 0.6) is 11.5 Å². The lowest BCUT2D eigenvalue weighted by molar-refractivity contribution is 0.198. The van der Waals surface area contributed by atoms with Crippen molar-refractivity contribution in [3.05, 3.63) is 82.9 Å². The van der Waals surface area contributed by atoms with E-state index in [2.05, 4.69) is 58.7 Å². The molecule has 0 aliphatic carbocycles. The highest BCUT2D eigenvalue weighted by Crippen LogP contribution is 2.43. The Bertz CT molecular complexity index is 1300. The fourth-order valence-electron chi connectivity index (χ4n) is 5.78. The van der Waals surface area contributed by atoms with E-state index in [0.29, 0.717) is 18.7 Å². The number of nitrogens with one attached hydrogen (secondary N) is 1. The SMILES string of the molecule is Nc1ccc2c(c1)OCCC(c1ccc3c(c1)NCC3)=C2c1ccc(OC2CCN(CCCF)C2)cc1. The fourth-order valence-corrected chi connectivity index (χ4v) is 5.78. The standard InChI is InChI=1S/C31H34FN3O2/c32-13-1-15-35-16-11-26(20-35)37-25-7-4-22(5-8-25)31-27(23-3-2-21-10-14-34-29(21)18-23)12-17-36-30-19-24(33)6-9-28(30)31/h2-9,18-19,26,34H,1,10-17,20,33H2. The number of hydrogen-bond acceptors (Lipinski definition) is 5. The number of nitrogen functional groups attached to an aromatic ring is 1. The van der Waals surface area contributed by atoms with Gasteiger partial charge in [0.25, 0.3) is 0 Å². The molecule has 1 fully saturated rings. The van der Waals surface area contributed by atoms with Crippen molar-refractivity contribution in [3.8, 4) is 11.5 Å². The normalized spacial score (nSPS) is 19.1. The summed E-state index contributed by atoms with van der Waals surface area (Å²) in [7, 11) is 0. The van der Waals surface area contributed by atoms with E-state index < -0.39 is 0 Å². The third kappa shape index (κ3) is 5.03. The van der Waals surface area contributed by atoms with Crippen LogP contribution in [0.15, 0.2) is 60.7 Å². The number of likely N-dealkylation sites (tertiary alicyclic amines) is 1. The molecule has 0 bridgehead atoms. The molecule has 0 aromatic heterocycles. The third-order valence-corrected chi connectivity index (χ3v) is 7.64. The minimum Gasteiger partial charge on any atom is -0.493 e. The van der Waals surface area contributed by atoms with Gasteiger partial charge < -0.3 is 20.5 Å². The molecule has 0 amide bonds. The second-order valence-electron chi connectivity index (χ2n) is 10.2. The van der Waals surface area contributed by atoms with Crippen LogP contribution in [0.4, 0.5) is 15.8 Å². The molecule has 3 aliphatic rings. The minimum atomic E-state index is -0.260. The van der Waals surface area contributed by atoms with Crippen molar-refractivity contribution in [1.29, 1.82) is 0 Å². The second kappa shape index (κ2) is 10.5. The average Bonchev–Trinajstić information content (AvgIpc) is 3.53. The monoisotopic (exact) mass is 499 g/mol. The van der Waals surface area contributed by atoms with E-state index in [1.807, 2.05) is 12.1 Å². The van der Waals surface area contributed by atoms with E-state index in [1.54, 1.807) is 0 Å². The van der Waals surface area contributed by atoms with Crippen molar-refractivity contribution in [1.82, 2.24) is 4.90 Å². The maximum Gasteiger partial charge on any atom is 0.129 e. The molecule has 3 aromatic rings. The Morgan fingerprint density at radius 2 is 1.89 bits per heavy atom. The molecular weight excluding hydrogens is 465 g/mol. The number of hydrogen-bond donors (Lipinski definition) is 2. The van der Waals surface area contributed by atoms with Crippen molar-refractivity contribution in [2.75, 3.05) is 50.5 Å². The van der Waals surface area contributed by atoms with Crippen LogP contribution in [0.25, 0.3) is 11.1 Å². The number of benzene rings is 3. The van der Waals surface area contributed by atoms with E-state index in [4.69, 9.17) is 15.2 Å². The molecule has 0 spiro atoms. The summed E-state index contributed by atoms with van der Waals surface area (Å²) in [5, 5.41) is 3.52. The Balaban J connectivity index is 1.33. The Hall–Kier alpha value is -3.51. The molecule has 3 N–H and O–H groups in total. The summed E-state index contributed by atoms with van der Waals surface area (Å²) in [6.45, 7) is 3.96. The Morgan fingerprint density at radius 1 is 1.03 bits per heavy atom. The van der Waals surface area contributed by atoms with Gasteiger partial charge >= 0.3 is 0 Å². The van der Waals surface area contributed by atoms with Gasteiger partial charge in [0.1, 0.15) is 17.6 Å². The van der Waals surface area contributed by atoms with Crippen molar-refractivity contribution < 1.29 is 13.9 Å². The first-order valence-electron chi connectivity index (χ1n) is 13.4. The van der Waals surface area contributed by atoms with Gasteiger partial charge in [0.15, 0.2) is 0 Å². The predicted molar refractivity (Wildman–Crippen MR) is 148 cm³/mol. The zero-order valence-corrected chi connectivity index (χ0v) is 21.1. The number of alkyl halides is 1. The lowest BCUT2D eigenvalue weighted by atomic mass is 9.87. The van der Waals surface area contributed by atoms with Crippen LogP contribution in [-0.4, -0.2) is 50.5 Å². The molecule has 0 radical (unpaired) electrons. The fraction of sp³-hybridized carbons (Fsp3) is 0.355. The first-order valence-corrected chi connectivity index (χ1v) is 13.4. The van der Waals surface area contributed by atoms with Crippen LogP contribution < -0.4 is 20.5 Å². The van der Waals surface area contributed by atoms with Gasteiger partial charge in [-0.25, -0.2) is 0 Å². The molecule has 1 unspecified atom stereocenters. The largest absolute Gasteiger partial charge is 0.493 e. The molecule has 37 heavy (non-hydrogen) atoms. The summed E-state index contributed by atoms with van der Waals surface area (Å²) in [6.07, 6.45) is 3.59. The van der Waals surface area contributed by atoms with E-state index >= 15 is 0 Å². The van der Waals surface area contributed by atoms with E-state index in [-0.39, 0.29) is 12.8 Å². The lowest BCUT2D eigenvalue weighted by Crippen LogP contribution is -2.26. The first-order chi connectivity index (χ1) is 18.2. The molecule has 3 heterocycles. The summed E-state index contributed by atoms with van der Waals surface area (Å²) < 4.78 is 25.0. The van der Waals surface area contributed by atoms with Gasteiger partial charge in [0, 0.05) is 55.6 Å². The summed E-state index contributed by atoms with van der Waals surface area (Å²) in [5.74, 6) is 1.69. The Labute approximate surface area is 218 Å². The number of anilines is 2. The predicted octanol–water partition coefficient (Wildman–Crippen LogP) is 5.79. The van der Waals surface area contributed by atoms with Crippen molar-refractivity contribution in [2.24, 2.45) is 0 Å². The van der Waals surface area contributed by atoms with E-state index in [0.717, 1.165) is 68.1 Å². The van der Waals surface area contributed by atoms with Crippen LogP contribution in [0.1, 0.15) is 41.5 Å². The van der Waals surface area contributed by atoms with Gasteiger partial charge in [-0.1, -0.05) is 24.3 Å². The molecule has 0 saturated carbocycles. The number of nitrogens with zero attached hydrogens (tertiary/aromatic N) is 1. The van der Waals surface area contributed by atoms with E-state index in [1.165, 1.54) is 28.0 Å². The number of halogens is 1. The van der Waals surface area contributed by atoms with Crippen molar-refractivity contribution in [3.63, 3.8) is 0 Å². The second-order valence-corrected chi connectivity index (χ2v) is 10.2. The van der Waals surface area contributed by atoms with Crippen LogP contribution in [0.2, 0.25) is 0 Å². The van der Waals surface area contributed by atoms with E-state index in [9.17, 15) is 4.39 Å². The molecule has 6 heteroatoms. The molecule has 192 valence electrons. The lowest BCUT2D eigenvalue weighted by Gasteiger charge is -2.18. The highest BCUT2D eigenvalue weighted by Gasteiger charge is 2.25. The molecule has 1 atom stereocenters. The smallest absolute Gasteiger partial charge is 0.129 e. The summed E-state index contributed by atoms with van der Waals surface area (Å²) >= 11 is 0. The number of ether oxygens (including phenoxy) is 2. The van der Waals surface area contributed by atoms with Crippen LogP contribution >= 0.6 is 0 Å². The molecule has 6 rings (SSSR count). The first kappa shape index (κ1) is 23.9. The number of fused-ring (bicyclic) bond motifs is 2. The zero-order chi connectivity index (χ0) is 25.2. The molecule has 5 nitrogen and oxygen atoms in total. The highest BCUT2D eigenvalue weighted by molar-refractivity contribution is 6.01. The van der Waals surface area contributed by atoms with Crippen molar-refractivity contribution in [2.45, 2.75) is 31.8 Å². The van der Waals surface area contributed by atoms with Crippen molar-refractivity contribution >= 4 is 22.5 Å². The molecule has 1 saturated heterocycles. The summed E-state index contributed by atoms with van der Waals surface area (Å²) in [6, 6.07) is 21.2. The Morgan fingerprint density at radius 3 is 2.76 bits per heavy atom. The average molecular weight is 500 g/mol. The van der Waals surface area contributed by atoms with Crippen LogP contribution in [0, 0.1) is 0 Å². The molecule has 3 aromatic carbocycles. The summed E-state index contributed by atoms with van der Waals surface area (Å²) in [4.78, 5) is 2.29. The van der Waals surface area contributed by atoms with Gasteiger partial charge in [-0.15, -0.1) is 0 Å². The third-order valence-electron chi connectivity index (χ3n) is 7.64. The topological polar surface area (TPSA) is 59.8 Å². The van der Waals surface area contributed by atoms with Gasteiger partial charge in [-0.05, 0) is 77.4 Å². The van der Waals surface area contributed by atoms with Gasteiger partial charge in [-0.3, -0.25) is 9.29 Å². The molecular formula is C31H34FN3O2. The minimum absolute atomic E-state index is 0.147. The van der Waals surface area contributed by atoms with Crippen LogP contribution in [0.3, 0.4) is 0 Å². The quantitative estimate of drug-likeness (QED) is 0.403. The highest BCUT2D eigenvalue weighted by atomic mass is 19.1.